The summed E-state index contributed by atoms with van der Waals surface area (Å²) in [4.78, 5) is 35.5. The van der Waals surface area contributed by atoms with Gasteiger partial charge in [-0.1, -0.05) is 15.9 Å². The fraction of sp³-hybridized carbons (Fsp3) is 0.250. The predicted molar refractivity (Wildman–Crippen MR) is 119 cm³/mol. The minimum Gasteiger partial charge on any atom is -0.494 e. The highest BCUT2D eigenvalue weighted by molar-refractivity contribution is 9.11. The van der Waals surface area contributed by atoms with Crippen LogP contribution in [0.3, 0.4) is 0 Å². The number of carbonyl (C=O) groups excluding carboxylic acids is 3. The van der Waals surface area contributed by atoms with E-state index in [1.54, 1.807) is 42.5 Å². The molecule has 0 aliphatic heterocycles. The summed E-state index contributed by atoms with van der Waals surface area (Å²) in [7, 11) is 0. The van der Waals surface area contributed by atoms with Crippen LogP contribution in [-0.4, -0.2) is 30.9 Å². The fourth-order valence-corrected chi connectivity index (χ4v) is 3.39. The molecule has 0 fully saturated rings. The third kappa shape index (κ3) is 8.42. The van der Waals surface area contributed by atoms with Crippen LogP contribution in [0.1, 0.15) is 19.8 Å². The summed E-state index contributed by atoms with van der Waals surface area (Å²) < 4.78 is 12.3. The summed E-state index contributed by atoms with van der Waals surface area (Å²) in [5.41, 5.74) is 5.10. The van der Waals surface area contributed by atoms with Crippen molar-refractivity contribution in [2.24, 2.45) is 0 Å². The molecule has 3 amide bonds. The van der Waals surface area contributed by atoms with Crippen molar-refractivity contribution >= 4 is 55.3 Å². The number of anilines is 1. The van der Waals surface area contributed by atoms with E-state index in [1.165, 1.54) is 0 Å². The van der Waals surface area contributed by atoms with Crippen molar-refractivity contribution in [3.05, 3.63) is 51.4 Å². The van der Waals surface area contributed by atoms with E-state index < -0.39 is 11.8 Å². The SMILES string of the molecule is CCOc1ccc(NC(=O)CCC(=O)NNC(=O)COc2ccc(Br)cc2Br)cc1. The average Bonchev–Trinajstić information content (AvgIpc) is 2.71. The average molecular weight is 543 g/mol. The second-order valence-electron chi connectivity index (χ2n) is 5.97. The molecule has 0 aliphatic rings. The van der Waals surface area contributed by atoms with Gasteiger partial charge in [-0.2, -0.15) is 0 Å². The molecule has 0 saturated heterocycles. The second kappa shape index (κ2) is 12.2. The normalized spacial score (nSPS) is 10.1. The Balaban J connectivity index is 1.65. The summed E-state index contributed by atoms with van der Waals surface area (Å²) >= 11 is 6.65. The van der Waals surface area contributed by atoms with Crippen molar-refractivity contribution in [2.75, 3.05) is 18.5 Å². The Morgan fingerprint density at radius 1 is 0.867 bits per heavy atom. The van der Waals surface area contributed by atoms with Gasteiger partial charge in [0.1, 0.15) is 11.5 Å². The lowest BCUT2D eigenvalue weighted by atomic mass is 10.2. The molecule has 0 bridgehead atoms. The second-order valence-corrected chi connectivity index (χ2v) is 7.74. The van der Waals surface area contributed by atoms with Crippen LogP contribution in [0.4, 0.5) is 5.69 Å². The first-order chi connectivity index (χ1) is 14.4. The van der Waals surface area contributed by atoms with Gasteiger partial charge in [0.15, 0.2) is 6.61 Å². The van der Waals surface area contributed by atoms with Gasteiger partial charge in [-0.25, -0.2) is 0 Å². The van der Waals surface area contributed by atoms with Crippen molar-refractivity contribution in [3.8, 4) is 11.5 Å². The van der Waals surface area contributed by atoms with Gasteiger partial charge in [0, 0.05) is 23.0 Å². The number of hydrogen-bond donors (Lipinski definition) is 3. The van der Waals surface area contributed by atoms with E-state index in [0.717, 1.165) is 4.47 Å². The van der Waals surface area contributed by atoms with E-state index in [0.29, 0.717) is 28.3 Å². The molecule has 3 N–H and O–H groups in total. The monoisotopic (exact) mass is 541 g/mol. The topological polar surface area (TPSA) is 106 Å². The molecular weight excluding hydrogens is 522 g/mol. The van der Waals surface area contributed by atoms with Gasteiger partial charge in [-0.3, -0.25) is 25.2 Å². The molecule has 2 aromatic rings. The van der Waals surface area contributed by atoms with Crippen LogP contribution in [0, 0.1) is 0 Å². The standard InChI is InChI=1S/C20H21Br2N3O5/c1-2-29-15-6-4-14(5-7-15)23-18(26)9-10-19(27)24-25-20(28)12-30-17-8-3-13(21)11-16(17)22/h3-8,11H,2,9-10,12H2,1H3,(H,23,26)(H,24,27)(H,25,28). The molecule has 0 spiro atoms. The van der Waals surface area contributed by atoms with Crippen molar-refractivity contribution in [1.82, 2.24) is 10.9 Å². The van der Waals surface area contributed by atoms with Gasteiger partial charge in [0.05, 0.1) is 11.1 Å². The Morgan fingerprint density at radius 2 is 1.53 bits per heavy atom. The van der Waals surface area contributed by atoms with Crippen LogP contribution in [-0.2, 0) is 14.4 Å². The summed E-state index contributed by atoms with van der Waals surface area (Å²) in [6, 6.07) is 12.2. The quantitative estimate of drug-likeness (QED) is 0.420. The van der Waals surface area contributed by atoms with Crippen molar-refractivity contribution in [3.63, 3.8) is 0 Å². The van der Waals surface area contributed by atoms with Crippen molar-refractivity contribution in [1.29, 1.82) is 0 Å². The Hall–Kier alpha value is -2.59. The van der Waals surface area contributed by atoms with Crippen LogP contribution in [0.5, 0.6) is 11.5 Å². The zero-order chi connectivity index (χ0) is 21.9. The third-order valence-corrected chi connectivity index (χ3v) is 4.74. The van der Waals surface area contributed by atoms with Gasteiger partial charge in [-0.05, 0) is 65.3 Å². The number of hydrogen-bond acceptors (Lipinski definition) is 5. The molecule has 0 unspecified atom stereocenters. The number of benzene rings is 2. The first-order valence-corrected chi connectivity index (χ1v) is 10.6. The van der Waals surface area contributed by atoms with Crippen LogP contribution < -0.4 is 25.6 Å². The molecule has 8 nitrogen and oxygen atoms in total. The summed E-state index contributed by atoms with van der Waals surface area (Å²) in [6.45, 7) is 2.17. The van der Waals surface area contributed by atoms with Crippen LogP contribution in [0.15, 0.2) is 51.4 Å². The Labute approximate surface area is 190 Å². The number of amides is 3. The van der Waals surface area contributed by atoms with Gasteiger partial charge in [0.2, 0.25) is 11.8 Å². The van der Waals surface area contributed by atoms with Gasteiger partial charge in [-0.15, -0.1) is 0 Å². The van der Waals surface area contributed by atoms with Crippen molar-refractivity contribution < 1.29 is 23.9 Å². The maximum Gasteiger partial charge on any atom is 0.276 e. The van der Waals surface area contributed by atoms with Crippen LogP contribution in [0.2, 0.25) is 0 Å². The van der Waals surface area contributed by atoms with E-state index in [-0.39, 0.29) is 25.4 Å². The van der Waals surface area contributed by atoms with E-state index >= 15 is 0 Å². The van der Waals surface area contributed by atoms with E-state index in [2.05, 4.69) is 48.0 Å². The van der Waals surface area contributed by atoms with E-state index in [4.69, 9.17) is 9.47 Å². The lowest BCUT2D eigenvalue weighted by molar-refractivity contribution is -0.130. The minimum absolute atomic E-state index is 0.0305. The van der Waals surface area contributed by atoms with E-state index in [1.807, 2.05) is 6.92 Å². The number of halogens is 2. The van der Waals surface area contributed by atoms with E-state index in [9.17, 15) is 14.4 Å². The lowest BCUT2D eigenvalue weighted by Gasteiger charge is -2.10. The first kappa shape index (κ1) is 23.7. The van der Waals surface area contributed by atoms with Gasteiger partial charge in [0.25, 0.3) is 5.91 Å². The third-order valence-electron chi connectivity index (χ3n) is 3.62. The summed E-state index contributed by atoms with van der Waals surface area (Å²) in [6.07, 6.45) is -0.112. The first-order valence-electron chi connectivity index (χ1n) is 9.05. The van der Waals surface area contributed by atoms with Crippen LogP contribution in [0.25, 0.3) is 0 Å². The number of carbonyl (C=O) groups is 3. The molecule has 10 heteroatoms. The molecular formula is C20H21Br2N3O5. The molecule has 30 heavy (non-hydrogen) atoms. The molecule has 0 aromatic heterocycles. The molecule has 0 radical (unpaired) electrons. The molecule has 2 aromatic carbocycles. The molecule has 2 rings (SSSR count). The maximum atomic E-state index is 11.9. The Morgan fingerprint density at radius 3 is 2.20 bits per heavy atom. The minimum atomic E-state index is -0.531. The number of ether oxygens (including phenoxy) is 2. The van der Waals surface area contributed by atoms with Crippen LogP contribution >= 0.6 is 31.9 Å². The molecule has 0 atom stereocenters. The van der Waals surface area contributed by atoms with Crippen molar-refractivity contribution in [2.45, 2.75) is 19.8 Å². The molecule has 0 saturated carbocycles. The number of hydrazine groups is 1. The fourth-order valence-electron chi connectivity index (χ4n) is 2.23. The lowest BCUT2D eigenvalue weighted by Crippen LogP contribution is -2.44. The number of nitrogens with one attached hydrogen (secondary N) is 3. The van der Waals surface area contributed by atoms with Gasteiger partial charge < -0.3 is 14.8 Å². The zero-order valence-corrected chi connectivity index (χ0v) is 19.3. The molecule has 160 valence electrons. The zero-order valence-electron chi connectivity index (χ0n) is 16.2. The highest BCUT2D eigenvalue weighted by atomic mass is 79.9. The molecule has 0 heterocycles. The highest BCUT2D eigenvalue weighted by Crippen LogP contribution is 2.28. The smallest absolute Gasteiger partial charge is 0.276 e. The Bertz CT molecular complexity index is 891. The Kier molecular flexibility index (Phi) is 9.62. The van der Waals surface area contributed by atoms with Gasteiger partial charge >= 0.3 is 0 Å². The summed E-state index contributed by atoms with van der Waals surface area (Å²) in [5, 5.41) is 2.69. The predicted octanol–water partition coefficient (Wildman–Crippen LogP) is 3.56. The largest absolute Gasteiger partial charge is 0.494 e. The molecule has 0 aliphatic carbocycles. The highest BCUT2D eigenvalue weighted by Gasteiger charge is 2.10. The maximum absolute atomic E-state index is 11.9. The summed E-state index contributed by atoms with van der Waals surface area (Å²) in [5.74, 6) is -0.135. The number of rotatable bonds is 9.